The molecule has 1 amide bonds. The van der Waals surface area contributed by atoms with E-state index in [9.17, 15) is 4.79 Å². The van der Waals surface area contributed by atoms with Gasteiger partial charge in [-0.2, -0.15) is 0 Å². The fourth-order valence-corrected chi connectivity index (χ4v) is 2.48. The molecule has 1 aliphatic rings. The fourth-order valence-electron chi connectivity index (χ4n) is 2.48. The molecule has 2 aromatic rings. The number of amides is 1. The number of benzene rings is 2. The van der Waals surface area contributed by atoms with Crippen LogP contribution in [-0.4, -0.2) is 32.8 Å². The van der Waals surface area contributed by atoms with E-state index in [0.29, 0.717) is 13.2 Å². The second kappa shape index (κ2) is 6.60. The molecular weight excluding hydrogens is 294 g/mol. The molecule has 0 saturated heterocycles. The van der Waals surface area contributed by atoms with Crippen molar-refractivity contribution in [3.63, 3.8) is 0 Å². The summed E-state index contributed by atoms with van der Waals surface area (Å²) in [6, 6.07) is 13.2. The third kappa shape index (κ3) is 3.39. The molecule has 1 aliphatic heterocycles. The number of rotatable bonds is 5. The Morgan fingerprint density at radius 1 is 1.13 bits per heavy atom. The van der Waals surface area contributed by atoms with E-state index in [1.165, 1.54) is 0 Å². The first-order chi connectivity index (χ1) is 11.2. The van der Waals surface area contributed by atoms with Crippen molar-refractivity contribution in [1.82, 2.24) is 0 Å². The number of fused-ring (bicyclic) bond motifs is 1. The zero-order valence-corrected chi connectivity index (χ0v) is 13.2. The Balaban J connectivity index is 1.65. The Morgan fingerprint density at radius 3 is 2.61 bits per heavy atom. The number of carbonyl (C=O) groups is 1. The predicted octanol–water partition coefficient (Wildman–Crippen LogP) is 2.81. The van der Waals surface area contributed by atoms with Crippen LogP contribution in [0.2, 0.25) is 0 Å². The minimum atomic E-state index is -0.0542. The summed E-state index contributed by atoms with van der Waals surface area (Å²) in [6.07, 6.45) is 0. The summed E-state index contributed by atoms with van der Waals surface area (Å²) in [5.74, 6) is 2.21. The van der Waals surface area contributed by atoms with E-state index in [4.69, 9.17) is 14.2 Å². The molecule has 0 unspecified atom stereocenters. The topological polar surface area (TPSA) is 48.0 Å². The molecule has 0 saturated carbocycles. The minimum absolute atomic E-state index is 0.0542. The van der Waals surface area contributed by atoms with Gasteiger partial charge in [0.1, 0.15) is 23.9 Å². The number of aryl methyl sites for hydroxylation is 1. The van der Waals surface area contributed by atoms with E-state index in [0.717, 1.165) is 28.5 Å². The molecule has 0 spiro atoms. The van der Waals surface area contributed by atoms with Gasteiger partial charge in [-0.15, -0.1) is 0 Å². The summed E-state index contributed by atoms with van der Waals surface area (Å²) < 4.78 is 16.3. The number of anilines is 1. The van der Waals surface area contributed by atoms with Gasteiger partial charge in [-0.1, -0.05) is 6.07 Å². The summed E-state index contributed by atoms with van der Waals surface area (Å²) in [7, 11) is 1.62. The van der Waals surface area contributed by atoms with E-state index in [1.54, 1.807) is 12.0 Å². The summed E-state index contributed by atoms with van der Waals surface area (Å²) in [6.45, 7) is 2.94. The van der Waals surface area contributed by atoms with Crippen LogP contribution in [-0.2, 0) is 4.79 Å². The van der Waals surface area contributed by atoms with Crippen molar-refractivity contribution in [2.24, 2.45) is 0 Å². The summed E-state index contributed by atoms with van der Waals surface area (Å²) in [5.41, 5.74) is 1.89. The van der Waals surface area contributed by atoms with Crippen molar-refractivity contribution in [3.8, 4) is 17.2 Å². The van der Waals surface area contributed by atoms with Crippen molar-refractivity contribution >= 4 is 11.6 Å². The molecule has 0 radical (unpaired) electrons. The lowest BCUT2D eigenvalue weighted by molar-refractivity contribution is -0.121. The van der Waals surface area contributed by atoms with Gasteiger partial charge >= 0.3 is 0 Å². The highest BCUT2D eigenvalue weighted by molar-refractivity contribution is 5.97. The zero-order valence-electron chi connectivity index (χ0n) is 13.2. The van der Waals surface area contributed by atoms with Crippen LogP contribution in [0.15, 0.2) is 42.5 Å². The Morgan fingerprint density at radius 2 is 1.87 bits per heavy atom. The van der Waals surface area contributed by atoms with Crippen LogP contribution < -0.4 is 19.1 Å². The van der Waals surface area contributed by atoms with E-state index >= 15 is 0 Å². The molecule has 0 atom stereocenters. The Hall–Kier alpha value is -2.69. The van der Waals surface area contributed by atoms with Gasteiger partial charge in [0.05, 0.1) is 19.3 Å². The molecule has 2 aromatic carbocycles. The van der Waals surface area contributed by atoms with E-state index in [-0.39, 0.29) is 12.5 Å². The summed E-state index contributed by atoms with van der Waals surface area (Å²) in [4.78, 5) is 13.8. The van der Waals surface area contributed by atoms with Crippen LogP contribution >= 0.6 is 0 Å². The van der Waals surface area contributed by atoms with Crippen molar-refractivity contribution in [2.75, 3.05) is 31.8 Å². The van der Waals surface area contributed by atoms with Gasteiger partial charge in [-0.05, 0) is 48.9 Å². The average molecular weight is 313 g/mol. The number of carbonyl (C=O) groups excluding carboxylic acids is 1. The van der Waals surface area contributed by atoms with Gasteiger partial charge in [0.15, 0.2) is 6.61 Å². The molecule has 23 heavy (non-hydrogen) atoms. The van der Waals surface area contributed by atoms with Crippen LogP contribution in [0.4, 0.5) is 5.69 Å². The predicted molar refractivity (Wildman–Crippen MR) is 87.5 cm³/mol. The Bertz CT molecular complexity index is 697. The fraction of sp³-hybridized carbons (Fsp3) is 0.278. The highest BCUT2D eigenvalue weighted by Gasteiger charge is 2.25. The van der Waals surface area contributed by atoms with Gasteiger partial charge in [0.25, 0.3) is 5.91 Å². The lowest BCUT2D eigenvalue weighted by Gasteiger charge is -2.29. The van der Waals surface area contributed by atoms with Crippen LogP contribution in [0.3, 0.4) is 0 Å². The normalized spacial score (nSPS) is 13.3. The molecule has 0 aromatic heterocycles. The van der Waals surface area contributed by atoms with Crippen LogP contribution in [0.5, 0.6) is 17.2 Å². The molecule has 0 fully saturated rings. The molecule has 1 heterocycles. The van der Waals surface area contributed by atoms with Crippen molar-refractivity contribution in [1.29, 1.82) is 0 Å². The monoisotopic (exact) mass is 313 g/mol. The van der Waals surface area contributed by atoms with Gasteiger partial charge in [0, 0.05) is 0 Å². The van der Waals surface area contributed by atoms with Crippen LogP contribution in [0.25, 0.3) is 0 Å². The van der Waals surface area contributed by atoms with Crippen molar-refractivity contribution in [2.45, 2.75) is 6.92 Å². The number of hydrogen-bond acceptors (Lipinski definition) is 4. The number of hydrogen-bond donors (Lipinski definition) is 0. The maximum atomic E-state index is 12.1. The van der Waals surface area contributed by atoms with E-state index in [1.807, 2.05) is 49.4 Å². The van der Waals surface area contributed by atoms with Gasteiger partial charge in [0.2, 0.25) is 0 Å². The first-order valence-corrected chi connectivity index (χ1v) is 7.48. The Labute approximate surface area is 135 Å². The van der Waals surface area contributed by atoms with Crippen LogP contribution in [0, 0.1) is 6.92 Å². The second-order valence-corrected chi connectivity index (χ2v) is 5.33. The SMILES string of the molecule is COc1ccc(OCCN2C(=O)COc3ccc(C)cc32)cc1. The number of methoxy groups -OCH3 is 1. The molecule has 0 aliphatic carbocycles. The molecule has 5 heteroatoms. The highest BCUT2D eigenvalue weighted by Crippen LogP contribution is 2.32. The van der Waals surface area contributed by atoms with Crippen LogP contribution in [0.1, 0.15) is 5.56 Å². The second-order valence-electron chi connectivity index (χ2n) is 5.33. The zero-order chi connectivity index (χ0) is 16.2. The standard InChI is InChI=1S/C18H19NO4/c1-13-3-8-17-16(11-13)19(18(20)12-23-17)9-10-22-15-6-4-14(21-2)5-7-15/h3-8,11H,9-10,12H2,1-2H3. The highest BCUT2D eigenvalue weighted by atomic mass is 16.5. The number of ether oxygens (including phenoxy) is 3. The molecule has 0 N–H and O–H groups in total. The first-order valence-electron chi connectivity index (χ1n) is 7.48. The molecular formula is C18H19NO4. The molecule has 3 rings (SSSR count). The van der Waals surface area contributed by atoms with E-state index in [2.05, 4.69) is 0 Å². The third-order valence-corrected chi connectivity index (χ3v) is 3.70. The molecule has 120 valence electrons. The summed E-state index contributed by atoms with van der Waals surface area (Å²) >= 11 is 0. The van der Waals surface area contributed by atoms with E-state index < -0.39 is 0 Å². The summed E-state index contributed by atoms with van der Waals surface area (Å²) in [5, 5.41) is 0. The lowest BCUT2D eigenvalue weighted by atomic mass is 10.1. The molecule has 5 nitrogen and oxygen atoms in total. The maximum absolute atomic E-state index is 12.1. The lowest BCUT2D eigenvalue weighted by Crippen LogP contribution is -2.41. The average Bonchev–Trinajstić information content (AvgIpc) is 2.57. The van der Waals surface area contributed by atoms with Crippen molar-refractivity contribution < 1.29 is 19.0 Å². The Kier molecular flexibility index (Phi) is 4.37. The maximum Gasteiger partial charge on any atom is 0.265 e. The largest absolute Gasteiger partial charge is 0.497 e. The molecule has 0 bridgehead atoms. The first kappa shape index (κ1) is 15.2. The van der Waals surface area contributed by atoms with Gasteiger partial charge < -0.3 is 19.1 Å². The van der Waals surface area contributed by atoms with Gasteiger partial charge in [-0.3, -0.25) is 4.79 Å². The quantitative estimate of drug-likeness (QED) is 0.851. The minimum Gasteiger partial charge on any atom is -0.497 e. The third-order valence-electron chi connectivity index (χ3n) is 3.70. The van der Waals surface area contributed by atoms with Crippen molar-refractivity contribution in [3.05, 3.63) is 48.0 Å². The smallest absolute Gasteiger partial charge is 0.265 e. The van der Waals surface area contributed by atoms with Gasteiger partial charge in [-0.25, -0.2) is 0 Å². The number of nitrogens with zero attached hydrogens (tertiary/aromatic N) is 1.